The van der Waals surface area contributed by atoms with Crippen molar-refractivity contribution in [3.63, 3.8) is 0 Å². The third-order valence-electron chi connectivity index (χ3n) is 5.15. The van der Waals surface area contributed by atoms with E-state index in [1.165, 1.54) is 12.1 Å². The van der Waals surface area contributed by atoms with Crippen LogP contribution in [-0.4, -0.2) is 22.4 Å². The van der Waals surface area contributed by atoms with Gasteiger partial charge in [-0.2, -0.15) is 0 Å². The fourth-order valence-electron chi connectivity index (χ4n) is 3.69. The molecule has 1 amide bonds. The normalized spacial score (nSPS) is 12.1. The van der Waals surface area contributed by atoms with E-state index in [0.717, 1.165) is 28.2 Å². The highest BCUT2D eigenvalue weighted by atomic mass is 19.1. The summed E-state index contributed by atoms with van der Waals surface area (Å²) in [4.78, 5) is 20.1. The molecule has 2 aromatic heterocycles. The lowest BCUT2D eigenvalue weighted by Crippen LogP contribution is -2.27. The average molecular weight is 405 g/mol. The number of H-pyrrole nitrogens is 1. The minimum atomic E-state index is -0.661. The maximum absolute atomic E-state index is 14.6. The van der Waals surface area contributed by atoms with Crippen LogP contribution in [0, 0.1) is 11.6 Å². The third-order valence-corrected chi connectivity index (χ3v) is 5.15. The molecule has 30 heavy (non-hydrogen) atoms. The van der Waals surface area contributed by atoms with Gasteiger partial charge in [-0.1, -0.05) is 30.3 Å². The number of halogens is 2. The average Bonchev–Trinajstić information content (AvgIpc) is 3.17. The summed E-state index contributed by atoms with van der Waals surface area (Å²) in [5.74, 6) is -2.05. The second-order valence-electron chi connectivity index (χ2n) is 7.13. The number of hydrogen-bond donors (Lipinski definition) is 2. The molecule has 6 heteroatoms. The van der Waals surface area contributed by atoms with Crippen molar-refractivity contribution >= 4 is 16.8 Å². The molecule has 0 aliphatic carbocycles. The first-order valence-electron chi connectivity index (χ1n) is 9.79. The molecule has 0 fully saturated rings. The molecular formula is C24H21F2N3O. The minimum absolute atomic E-state index is 0.0482. The van der Waals surface area contributed by atoms with Crippen molar-refractivity contribution in [1.82, 2.24) is 15.3 Å². The summed E-state index contributed by atoms with van der Waals surface area (Å²) >= 11 is 0. The van der Waals surface area contributed by atoms with Gasteiger partial charge in [0.2, 0.25) is 5.91 Å². The van der Waals surface area contributed by atoms with Crippen molar-refractivity contribution in [3.05, 3.63) is 102 Å². The van der Waals surface area contributed by atoms with Crippen LogP contribution in [0.1, 0.15) is 29.2 Å². The van der Waals surface area contributed by atoms with Crippen molar-refractivity contribution in [2.75, 3.05) is 6.54 Å². The molecule has 0 saturated carbocycles. The predicted octanol–water partition coefficient (Wildman–Crippen LogP) is 4.72. The van der Waals surface area contributed by atoms with Gasteiger partial charge in [-0.05, 0) is 35.4 Å². The van der Waals surface area contributed by atoms with E-state index in [1.807, 2.05) is 42.5 Å². The van der Waals surface area contributed by atoms with Gasteiger partial charge >= 0.3 is 0 Å². The Hall–Kier alpha value is -3.54. The SMILES string of the molecule is O=C(CC(c1ccc(F)cc1F)c1c[nH]c2ccccc12)NCCc1ccccn1. The summed E-state index contributed by atoms with van der Waals surface area (Å²) in [7, 11) is 0. The highest BCUT2D eigenvalue weighted by Gasteiger charge is 2.24. The lowest BCUT2D eigenvalue weighted by molar-refractivity contribution is -0.121. The first kappa shape index (κ1) is 19.8. The van der Waals surface area contributed by atoms with Gasteiger partial charge in [-0.15, -0.1) is 0 Å². The van der Waals surface area contributed by atoms with Crippen LogP contribution in [-0.2, 0) is 11.2 Å². The Morgan fingerprint density at radius 1 is 1.03 bits per heavy atom. The summed E-state index contributed by atoms with van der Waals surface area (Å²) in [6, 6.07) is 16.8. The largest absolute Gasteiger partial charge is 0.361 e. The number of para-hydroxylation sites is 1. The molecule has 2 N–H and O–H groups in total. The molecule has 0 spiro atoms. The standard InChI is InChI=1S/C24H21F2N3O/c25-16-8-9-18(22(26)13-16)20(21-15-29-23-7-2-1-6-19(21)23)14-24(30)28-12-10-17-5-3-4-11-27-17/h1-9,11,13,15,20,29H,10,12,14H2,(H,28,30). The lowest BCUT2D eigenvalue weighted by Gasteiger charge is -2.18. The van der Waals surface area contributed by atoms with Gasteiger partial charge in [-0.25, -0.2) is 8.78 Å². The first-order valence-corrected chi connectivity index (χ1v) is 9.79. The molecule has 0 radical (unpaired) electrons. The van der Waals surface area contributed by atoms with E-state index in [1.54, 1.807) is 12.4 Å². The number of nitrogens with one attached hydrogen (secondary N) is 2. The van der Waals surface area contributed by atoms with E-state index in [4.69, 9.17) is 0 Å². The second kappa shape index (κ2) is 8.86. The van der Waals surface area contributed by atoms with E-state index >= 15 is 0 Å². The molecule has 1 atom stereocenters. The highest BCUT2D eigenvalue weighted by Crippen LogP contribution is 2.34. The van der Waals surface area contributed by atoms with Gasteiger partial charge in [0.1, 0.15) is 11.6 Å². The van der Waals surface area contributed by atoms with Gasteiger partial charge in [0, 0.05) is 60.4 Å². The van der Waals surface area contributed by atoms with Gasteiger partial charge in [0.05, 0.1) is 0 Å². The highest BCUT2D eigenvalue weighted by molar-refractivity contribution is 5.86. The zero-order valence-electron chi connectivity index (χ0n) is 16.2. The minimum Gasteiger partial charge on any atom is -0.361 e. The van der Waals surface area contributed by atoms with Gasteiger partial charge in [-0.3, -0.25) is 9.78 Å². The molecule has 4 rings (SSSR count). The topological polar surface area (TPSA) is 57.8 Å². The summed E-state index contributed by atoms with van der Waals surface area (Å²) < 4.78 is 28.1. The number of rotatable bonds is 7. The number of carbonyl (C=O) groups is 1. The number of fused-ring (bicyclic) bond motifs is 1. The summed E-state index contributed by atoms with van der Waals surface area (Å²) in [6.45, 7) is 0.433. The zero-order valence-corrected chi connectivity index (χ0v) is 16.2. The summed E-state index contributed by atoms with van der Waals surface area (Å²) in [5, 5.41) is 3.80. The molecular weight excluding hydrogens is 384 g/mol. The number of benzene rings is 2. The van der Waals surface area contributed by atoms with E-state index in [9.17, 15) is 13.6 Å². The van der Waals surface area contributed by atoms with Crippen LogP contribution in [0.2, 0.25) is 0 Å². The van der Waals surface area contributed by atoms with Crippen molar-refractivity contribution < 1.29 is 13.6 Å². The number of aromatic nitrogens is 2. The van der Waals surface area contributed by atoms with Gasteiger partial charge in [0.15, 0.2) is 0 Å². The number of hydrogen-bond acceptors (Lipinski definition) is 2. The van der Waals surface area contributed by atoms with E-state index < -0.39 is 17.6 Å². The number of pyridine rings is 1. The Labute approximate surface area is 173 Å². The second-order valence-corrected chi connectivity index (χ2v) is 7.13. The van der Waals surface area contributed by atoms with E-state index in [-0.39, 0.29) is 12.3 Å². The number of nitrogens with zero attached hydrogens (tertiary/aromatic N) is 1. The van der Waals surface area contributed by atoms with Crippen LogP contribution < -0.4 is 5.32 Å². The van der Waals surface area contributed by atoms with Crippen LogP contribution in [0.25, 0.3) is 10.9 Å². The maximum atomic E-state index is 14.6. The van der Waals surface area contributed by atoms with Crippen molar-refractivity contribution in [2.24, 2.45) is 0 Å². The lowest BCUT2D eigenvalue weighted by atomic mass is 9.87. The van der Waals surface area contributed by atoms with Crippen molar-refractivity contribution in [2.45, 2.75) is 18.8 Å². The summed E-state index contributed by atoms with van der Waals surface area (Å²) in [5.41, 5.74) is 2.88. The molecule has 4 nitrogen and oxygen atoms in total. The van der Waals surface area contributed by atoms with Crippen LogP contribution in [0.3, 0.4) is 0 Å². The fraction of sp³-hybridized carbons (Fsp3) is 0.167. The molecule has 0 saturated heterocycles. The smallest absolute Gasteiger partial charge is 0.220 e. The summed E-state index contributed by atoms with van der Waals surface area (Å²) in [6.07, 6.45) is 4.16. The van der Waals surface area contributed by atoms with Gasteiger partial charge < -0.3 is 10.3 Å². The third kappa shape index (κ3) is 4.38. The van der Waals surface area contributed by atoms with Crippen LogP contribution in [0.5, 0.6) is 0 Å². The molecule has 4 aromatic rings. The molecule has 152 valence electrons. The van der Waals surface area contributed by atoms with Crippen molar-refractivity contribution in [1.29, 1.82) is 0 Å². The van der Waals surface area contributed by atoms with Crippen molar-refractivity contribution in [3.8, 4) is 0 Å². The predicted molar refractivity (Wildman–Crippen MR) is 112 cm³/mol. The number of aromatic amines is 1. The molecule has 0 aliphatic rings. The Morgan fingerprint density at radius 3 is 2.67 bits per heavy atom. The number of carbonyl (C=O) groups excluding carboxylic acids is 1. The monoisotopic (exact) mass is 405 g/mol. The van der Waals surface area contributed by atoms with Gasteiger partial charge in [0.25, 0.3) is 0 Å². The zero-order chi connectivity index (χ0) is 20.9. The Bertz CT molecular complexity index is 1160. The Balaban J connectivity index is 1.57. The van der Waals surface area contributed by atoms with Crippen LogP contribution in [0.15, 0.2) is 73.1 Å². The fourth-order valence-corrected chi connectivity index (χ4v) is 3.69. The first-order chi connectivity index (χ1) is 14.6. The molecule has 0 bridgehead atoms. The quantitative estimate of drug-likeness (QED) is 0.467. The van der Waals surface area contributed by atoms with E-state index in [0.29, 0.717) is 18.5 Å². The maximum Gasteiger partial charge on any atom is 0.220 e. The molecule has 2 heterocycles. The molecule has 1 unspecified atom stereocenters. The van der Waals surface area contributed by atoms with Crippen LogP contribution in [0.4, 0.5) is 8.78 Å². The molecule has 2 aromatic carbocycles. The van der Waals surface area contributed by atoms with E-state index in [2.05, 4.69) is 15.3 Å². The van der Waals surface area contributed by atoms with Crippen LogP contribution >= 0.6 is 0 Å². The molecule has 0 aliphatic heterocycles. The Morgan fingerprint density at radius 2 is 1.87 bits per heavy atom. The number of amides is 1. The Kier molecular flexibility index (Phi) is 5.84.